The Balaban J connectivity index is 2.06. The number of anilines is 1. The van der Waals surface area contributed by atoms with Crippen LogP contribution in [0.25, 0.3) is 0 Å². The van der Waals surface area contributed by atoms with Crippen molar-refractivity contribution in [1.29, 1.82) is 0 Å². The summed E-state index contributed by atoms with van der Waals surface area (Å²) in [6.07, 6.45) is 2.19. The minimum Gasteiger partial charge on any atom is -0.370 e. The third-order valence-electron chi connectivity index (χ3n) is 2.06. The topological polar surface area (TPSA) is 50.4 Å². The Labute approximate surface area is 95.7 Å². The summed E-state index contributed by atoms with van der Waals surface area (Å²) in [5.74, 6) is 0.0263. The van der Waals surface area contributed by atoms with E-state index in [4.69, 9.17) is 5.73 Å². The first kappa shape index (κ1) is 10.4. The molecule has 0 saturated heterocycles. The molecule has 15 heavy (non-hydrogen) atoms. The van der Waals surface area contributed by atoms with Crippen LogP contribution >= 0.6 is 15.9 Å². The number of nitrogens with two attached hydrogens (primary N) is 1. The van der Waals surface area contributed by atoms with Crippen LogP contribution in [0.1, 0.15) is 12.8 Å². The summed E-state index contributed by atoms with van der Waals surface area (Å²) in [4.78, 5) is 4.19. The monoisotopic (exact) mass is 271 g/mol. The molecule has 0 radical (unpaired) electrons. The molecular weight excluding hydrogens is 261 g/mol. The van der Waals surface area contributed by atoms with Crippen molar-refractivity contribution in [2.75, 3.05) is 5.32 Å². The Morgan fingerprint density at radius 1 is 1.53 bits per heavy atom. The van der Waals surface area contributed by atoms with E-state index in [1.807, 2.05) is 0 Å². The molecule has 0 spiro atoms. The maximum atomic E-state index is 13.1. The van der Waals surface area contributed by atoms with Crippen molar-refractivity contribution in [2.24, 2.45) is 10.7 Å². The second-order valence-electron chi connectivity index (χ2n) is 3.50. The highest BCUT2D eigenvalue weighted by Crippen LogP contribution is 2.23. The van der Waals surface area contributed by atoms with E-state index in [2.05, 4.69) is 26.2 Å². The van der Waals surface area contributed by atoms with E-state index < -0.39 is 0 Å². The molecule has 1 aromatic carbocycles. The standard InChI is InChI=1S/C10H11BrFN3/c11-8-4-3-7(5-9(8)12)15-10(13)14-6-1-2-6/h3-6H,1-2H2,(H3,13,14,15). The van der Waals surface area contributed by atoms with Gasteiger partial charge in [-0.1, -0.05) is 0 Å². The highest BCUT2D eigenvalue weighted by Gasteiger charge is 2.20. The highest BCUT2D eigenvalue weighted by molar-refractivity contribution is 9.10. The van der Waals surface area contributed by atoms with Crippen molar-refractivity contribution in [3.63, 3.8) is 0 Å². The van der Waals surface area contributed by atoms with Crippen LogP contribution < -0.4 is 11.1 Å². The molecule has 0 amide bonds. The minimum atomic E-state index is -0.320. The van der Waals surface area contributed by atoms with Gasteiger partial charge in [0.2, 0.25) is 0 Å². The van der Waals surface area contributed by atoms with Gasteiger partial charge in [0.15, 0.2) is 5.96 Å². The molecule has 0 aromatic heterocycles. The first-order valence-electron chi connectivity index (χ1n) is 4.70. The van der Waals surface area contributed by atoms with Crippen LogP contribution in [0.3, 0.4) is 0 Å². The van der Waals surface area contributed by atoms with Crippen molar-refractivity contribution in [1.82, 2.24) is 0 Å². The zero-order valence-corrected chi connectivity index (χ0v) is 9.59. The first-order chi connectivity index (χ1) is 7.15. The van der Waals surface area contributed by atoms with Crippen LogP contribution in [0.15, 0.2) is 27.7 Å². The van der Waals surface area contributed by atoms with Gasteiger partial charge in [-0.3, -0.25) is 0 Å². The largest absolute Gasteiger partial charge is 0.370 e. The van der Waals surface area contributed by atoms with Crippen molar-refractivity contribution in [2.45, 2.75) is 18.9 Å². The molecule has 1 aliphatic rings. The Kier molecular flexibility index (Phi) is 2.90. The molecule has 1 fully saturated rings. The molecule has 1 saturated carbocycles. The van der Waals surface area contributed by atoms with Crippen LogP contribution in [-0.2, 0) is 0 Å². The summed E-state index contributed by atoms with van der Waals surface area (Å²) < 4.78 is 13.6. The Morgan fingerprint density at radius 2 is 2.27 bits per heavy atom. The number of aliphatic imine (C=N–C) groups is 1. The maximum absolute atomic E-state index is 13.1. The number of guanidine groups is 1. The summed E-state index contributed by atoms with van der Waals surface area (Å²) in [5, 5.41) is 2.85. The zero-order valence-electron chi connectivity index (χ0n) is 8.00. The van der Waals surface area contributed by atoms with Gasteiger partial charge in [0.25, 0.3) is 0 Å². The van der Waals surface area contributed by atoms with E-state index in [1.165, 1.54) is 6.07 Å². The van der Waals surface area contributed by atoms with E-state index in [0.29, 0.717) is 22.2 Å². The van der Waals surface area contributed by atoms with Crippen molar-refractivity contribution in [3.05, 3.63) is 28.5 Å². The summed E-state index contributed by atoms with van der Waals surface area (Å²) >= 11 is 3.08. The highest BCUT2D eigenvalue weighted by atomic mass is 79.9. The normalized spacial score (nSPS) is 16.5. The molecule has 0 unspecified atom stereocenters. The fourth-order valence-corrected chi connectivity index (χ4v) is 1.40. The van der Waals surface area contributed by atoms with Gasteiger partial charge in [-0.15, -0.1) is 0 Å². The van der Waals surface area contributed by atoms with E-state index in [9.17, 15) is 4.39 Å². The third kappa shape index (κ3) is 2.92. The second kappa shape index (κ2) is 4.18. The van der Waals surface area contributed by atoms with Gasteiger partial charge < -0.3 is 11.1 Å². The summed E-state index contributed by atoms with van der Waals surface area (Å²) in [5.41, 5.74) is 6.25. The average molecular weight is 272 g/mol. The average Bonchev–Trinajstić information content (AvgIpc) is 2.95. The summed E-state index contributed by atoms with van der Waals surface area (Å²) in [6.45, 7) is 0. The van der Waals surface area contributed by atoms with Crippen LogP contribution in [0.4, 0.5) is 10.1 Å². The summed E-state index contributed by atoms with van der Waals surface area (Å²) in [6, 6.07) is 5.10. The number of hydrogen-bond donors (Lipinski definition) is 2. The molecule has 0 atom stereocenters. The molecule has 3 N–H and O–H groups in total. The van der Waals surface area contributed by atoms with Crippen molar-refractivity contribution >= 4 is 27.6 Å². The fraction of sp³-hybridized carbons (Fsp3) is 0.300. The van der Waals surface area contributed by atoms with Gasteiger partial charge in [0.05, 0.1) is 10.5 Å². The predicted molar refractivity (Wildman–Crippen MR) is 62.4 cm³/mol. The number of hydrogen-bond acceptors (Lipinski definition) is 1. The lowest BCUT2D eigenvalue weighted by atomic mass is 10.3. The van der Waals surface area contributed by atoms with Crippen molar-refractivity contribution < 1.29 is 4.39 Å². The van der Waals surface area contributed by atoms with Gasteiger partial charge in [-0.05, 0) is 47.0 Å². The van der Waals surface area contributed by atoms with Crippen molar-refractivity contribution in [3.8, 4) is 0 Å². The second-order valence-corrected chi connectivity index (χ2v) is 4.35. The fourth-order valence-electron chi connectivity index (χ4n) is 1.15. The lowest BCUT2D eigenvalue weighted by Crippen LogP contribution is -2.23. The van der Waals surface area contributed by atoms with Gasteiger partial charge in [-0.2, -0.15) is 0 Å². The van der Waals surface area contributed by atoms with E-state index in [0.717, 1.165) is 12.8 Å². The first-order valence-corrected chi connectivity index (χ1v) is 5.50. The molecule has 1 aromatic rings. The molecule has 0 bridgehead atoms. The number of nitrogens with one attached hydrogen (secondary N) is 1. The molecule has 0 aliphatic heterocycles. The van der Waals surface area contributed by atoms with Crippen LogP contribution in [0.2, 0.25) is 0 Å². The summed E-state index contributed by atoms with van der Waals surface area (Å²) in [7, 11) is 0. The SMILES string of the molecule is NC(=NC1CC1)Nc1ccc(Br)c(F)c1. The number of rotatable bonds is 2. The van der Waals surface area contributed by atoms with Crippen LogP contribution in [0.5, 0.6) is 0 Å². The van der Waals surface area contributed by atoms with E-state index >= 15 is 0 Å². The minimum absolute atomic E-state index is 0.320. The lowest BCUT2D eigenvalue weighted by Gasteiger charge is -2.05. The number of benzene rings is 1. The predicted octanol–water partition coefficient (Wildman–Crippen LogP) is 2.48. The quantitative estimate of drug-likeness (QED) is 0.642. The molecule has 5 heteroatoms. The maximum Gasteiger partial charge on any atom is 0.193 e. The molecule has 2 rings (SSSR count). The molecule has 0 heterocycles. The number of nitrogens with zero attached hydrogens (tertiary/aromatic N) is 1. The lowest BCUT2D eigenvalue weighted by molar-refractivity contribution is 0.622. The van der Waals surface area contributed by atoms with Gasteiger partial charge in [0, 0.05) is 5.69 Å². The van der Waals surface area contributed by atoms with E-state index in [-0.39, 0.29) is 5.82 Å². The Morgan fingerprint density at radius 3 is 2.87 bits per heavy atom. The Hall–Kier alpha value is -1.10. The van der Waals surface area contributed by atoms with Gasteiger partial charge in [0.1, 0.15) is 5.82 Å². The van der Waals surface area contributed by atoms with Crippen LogP contribution in [0, 0.1) is 5.82 Å². The molecule has 80 valence electrons. The number of halogens is 2. The molecular formula is C10H11BrFN3. The zero-order chi connectivity index (χ0) is 10.8. The molecule has 1 aliphatic carbocycles. The van der Waals surface area contributed by atoms with Crippen LogP contribution in [-0.4, -0.2) is 12.0 Å². The van der Waals surface area contributed by atoms with E-state index in [1.54, 1.807) is 12.1 Å². The van der Waals surface area contributed by atoms with Gasteiger partial charge in [-0.25, -0.2) is 9.38 Å². The third-order valence-corrected chi connectivity index (χ3v) is 2.70. The smallest absolute Gasteiger partial charge is 0.193 e. The van der Waals surface area contributed by atoms with Gasteiger partial charge >= 0.3 is 0 Å². The Bertz CT molecular complexity index is 402. The molecule has 3 nitrogen and oxygen atoms in total.